The summed E-state index contributed by atoms with van der Waals surface area (Å²) in [7, 11) is 0. The lowest BCUT2D eigenvalue weighted by Crippen LogP contribution is -2.03. The Balaban J connectivity index is 2.20. The number of halogens is 1. The molecule has 3 aromatic rings. The molecule has 0 aliphatic rings. The Morgan fingerprint density at radius 2 is 1.80 bits per heavy atom. The minimum atomic E-state index is -0.219. The number of hydrogen-bond acceptors (Lipinski definition) is 1. The van der Waals surface area contributed by atoms with Crippen molar-refractivity contribution in [1.82, 2.24) is 4.57 Å². The first-order chi connectivity index (χ1) is 9.72. The highest BCUT2D eigenvalue weighted by Gasteiger charge is 2.14. The maximum absolute atomic E-state index is 13.8. The number of nitrogens with zero attached hydrogens (tertiary/aromatic N) is 2. The van der Waals surface area contributed by atoms with Gasteiger partial charge in [0.15, 0.2) is 0 Å². The SMILES string of the molecule is Cc1c(C#N)c2ccccc2n1Cc1ccccc1F. The molecule has 0 aliphatic carbocycles. The van der Waals surface area contributed by atoms with Gasteiger partial charge < -0.3 is 4.57 Å². The zero-order chi connectivity index (χ0) is 14.1. The summed E-state index contributed by atoms with van der Waals surface area (Å²) in [5.74, 6) is -0.219. The van der Waals surface area contributed by atoms with Crippen molar-refractivity contribution >= 4 is 10.9 Å². The van der Waals surface area contributed by atoms with Crippen LogP contribution in [-0.2, 0) is 6.54 Å². The fourth-order valence-electron chi connectivity index (χ4n) is 2.57. The van der Waals surface area contributed by atoms with Crippen LogP contribution in [0.5, 0.6) is 0 Å². The van der Waals surface area contributed by atoms with Crippen LogP contribution in [0.1, 0.15) is 16.8 Å². The van der Waals surface area contributed by atoms with Crippen molar-refractivity contribution < 1.29 is 4.39 Å². The smallest absolute Gasteiger partial charge is 0.128 e. The van der Waals surface area contributed by atoms with E-state index in [0.29, 0.717) is 17.7 Å². The summed E-state index contributed by atoms with van der Waals surface area (Å²) < 4.78 is 15.8. The van der Waals surface area contributed by atoms with Crippen LogP contribution >= 0.6 is 0 Å². The van der Waals surface area contributed by atoms with Crippen molar-refractivity contribution in [3.63, 3.8) is 0 Å². The zero-order valence-corrected chi connectivity index (χ0v) is 11.1. The predicted octanol–water partition coefficient (Wildman–Crippen LogP) is 4.01. The van der Waals surface area contributed by atoms with E-state index in [-0.39, 0.29) is 5.82 Å². The Hall–Kier alpha value is -2.60. The molecule has 0 unspecified atom stereocenters. The van der Waals surface area contributed by atoms with Crippen molar-refractivity contribution in [3.8, 4) is 6.07 Å². The molecular formula is C17H13FN2. The van der Waals surface area contributed by atoms with Gasteiger partial charge in [0.25, 0.3) is 0 Å². The van der Waals surface area contributed by atoms with E-state index in [2.05, 4.69) is 6.07 Å². The highest BCUT2D eigenvalue weighted by molar-refractivity contribution is 5.88. The van der Waals surface area contributed by atoms with Gasteiger partial charge in [-0.15, -0.1) is 0 Å². The molecule has 2 aromatic carbocycles. The molecule has 0 fully saturated rings. The largest absolute Gasteiger partial charge is 0.339 e. The van der Waals surface area contributed by atoms with Gasteiger partial charge in [-0.25, -0.2) is 4.39 Å². The van der Waals surface area contributed by atoms with Gasteiger partial charge in [-0.1, -0.05) is 36.4 Å². The second-order valence-electron chi connectivity index (χ2n) is 4.77. The molecule has 20 heavy (non-hydrogen) atoms. The zero-order valence-electron chi connectivity index (χ0n) is 11.1. The lowest BCUT2D eigenvalue weighted by atomic mass is 10.1. The van der Waals surface area contributed by atoms with Crippen LogP contribution in [0.15, 0.2) is 48.5 Å². The van der Waals surface area contributed by atoms with E-state index in [0.717, 1.165) is 16.6 Å². The maximum atomic E-state index is 13.8. The lowest BCUT2D eigenvalue weighted by molar-refractivity contribution is 0.600. The van der Waals surface area contributed by atoms with Gasteiger partial charge in [0.1, 0.15) is 11.9 Å². The third-order valence-electron chi connectivity index (χ3n) is 3.63. The Morgan fingerprint density at radius 1 is 1.10 bits per heavy atom. The summed E-state index contributed by atoms with van der Waals surface area (Å²) in [5.41, 5.74) is 3.12. The molecule has 0 amide bonds. The molecule has 3 heteroatoms. The molecular weight excluding hydrogens is 251 g/mol. The monoisotopic (exact) mass is 264 g/mol. The first-order valence-corrected chi connectivity index (χ1v) is 6.43. The minimum Gasteiger partial charge on any atom is -0.339 e. The number of nitriles is 1. The van der Waals surface area contributed by atoms with Gasteiger partial charge in [-0.2, -0.15) is 5.26 Å². The van der Waals surface area contributed by atoms with Crippen molar-refractivity contribution in [2.75, 3.05) is 0 Å². The van der Waals surface area contributed by atoms with E-state index in [4.69, 9.17) is 0 Å². The Labute approximate surface area is 116 Å². The third kappa shape index (κ3) is 1.86. The summed E-state index contributed by atoms with van der Waals surface area (Å²) in [6, 6.07) is 16.7. The summed E-state index contributed by atoms with van der Waals surface area (Å²) in [6.07, 6.45) is 0. The van der Waals surface area contributed by atoms with Crippen molar-refractivity contribution in [1.29, 1.82) is 5.26 Å². The molecule has 2 nitrogen and oxygen atoms in total. The summed E-state index contributed by atoms with van der Waals surface area (Å²) in [4.78, 5) is 0. The quantitative estimate of drug-likeness (QED) is 0.687. The highest BCUT2D eigenvalue weighted by atomic mass is 19.1. The molecule has 0 aliphatic heterocycles. The van der Waals surface area contributed by atoms with Gasteiger partial charge in [0.2, 0.25) is 0 Å². The molecule has 3 rings (SSSR count). The van der Waals surface area contributed by atoms with Crippen molar-refractivity contribution in [2.24, 2.45) is 0 Å². The molecule has 0 saturated heterocycles. The van der Waals surface area contributed by atoms with Gasteiger partial charge >= 0.3 is 0 Å². The van der Waals surface area contributed by atoms with Gasteiger partial charge in [-0.3, -0.25) is 0 Å². The van der Waals surface area contributed by atoms with E-state index < -0.39 is 0 Å². The number of hydrogen-bond donors (Lipinski definition) is 0. The summed E-state index contributed by atoms with van der Waals surface area (Å²) in [5, 5.41) is 10.2. The van der Waals surface area contributed by atoms with Crippen LogP contribution in [0, 0.1) is 24.1 Å². The molecule has 0 bridgehead atoms. The standard InChI is InChI=1S/C17H13FN2/c1-12-15(10-19)14-7-3-5-9-17(14)20(12)11-13-6-2-4-8-16(13)18/h2-9H,11H2,1H3. The summed E-state index contributed by atoms with van der Waals surface area (Å²) in [6.45, 7) is 2.33. The van der Waals surface area contributed by atoms with Crippen LogP contribution in [0.3, 0.4) is 0 Å². The Bertz CT molecular complexity index is 825. The summed E-state index contributed by atoms with van der Waals surface area (Å²) >= 11 is 0. The first kappa shape index (κ1) is 12.4. The van der Waals surface area contributed by atoms with E-state index in [1.165, 1.54) is 6.07 Å². The molecule has 0 atom stereocenters. The second-order valence-corrected chi connectivity index (χ2v) is 4.77. The molecule has 0 saturated carbocycles. The highest BCUT2D eigenvalue weighted by Crippen LogP contribution is 2.26. The number of para-hydroxylation sites is 1. The fraction of sp³-hybridized carbons (Fsp3) is 0.118. The molecule has 0 spiro atoms. The Morgan fingerprint density at radius 3 is 2.55 bits per heavy atom. The topological polar surface area (TPSA) is 28.7 Å². The van der Waals surface area contributed by atoms with Crippen molar-refractivity contribution in [2.45, 2.75) is 13.5 Å². The minimum absolute atomic E-state index is 0.219. The normalized spacial score (nSPS) is 10.7. The molecule has 0 radical (unpaired) electrons. The van der Waals surface area contributed by atoms with Crippen LogP contribution < -0.4 is 0 Å². The van der Waals surface area contributed by atoms with Gasteiger partial charge in [-0.05, 0) is 19.1 Å². The third-order valence-corrected chi connectivity index (χ3v) is 3.63. The van der Waals surface area contributed by atoms with Crippen LogP contribution in [-0.4, -0.2) is 4.57 Å². The van der Waals surface area contributed by atoms with E-state index in [1.807, 2.05) is 41.8 Å². The molecule has 0 N–H and O–H groups in total. The van der Waals surface area contributed by atoms with Gasteiger partial charge in [0.05, 0.1) is 12.1 Å². The molecule has 1 aromatic heterocycles. The van der Waals surface area contributed by atoms with E-state index in [9.17, 15) is 9.65 Å². The number of aromatic nitrogens is 1. The number of fused-ring (bicyclic) bond motifs is 1. The maximum Gasteiger partial charge on any atom is 0.128 e. The first-order valence-electron chi connectivity index (χ1n) is 6.43. The van der Waals surface area contributed by atoms with Crippen LogP contribution in [0.4, 0.5) is 4.39 Å². The Kier molecular flexibility index (Phi) is 3.00. The van der Waals surface area contributed by atoms with E-state index in [1.54, 1.807) is 12.1 Å². The van der Waals surface area contributed by atoms with Crippen LogP contribution in [0.25, 0.3) is 10.9 Å². The number of rotatable bonds is 2. The van der Waals surface area contributed by atoms with Gasteiger partial charge in [0, 0.05) is 22.2 Å². The predicted molar refractivity (Wildman–Crippen MR) is 76.9 cm³/mol. The average molecular weight is 264 g/mol. The number of benzene rings is 2. The van der Waals surface area contributed by atoms with E-state index >= 15 is 0 Å². The molecule has 1 heterocycles. The molecule has 98 valence electrons. The second kappa shape index (κ2) is 4.82. The van der Waals surface area contributed by atoms with Crippen LogP contribution in [0.2, 0.25) is 0 Å². The average Bonchev–Trinajstić information content (AvgIpc) is 2.74. The van der Waals surface area contributed by atoms with Crippen molar-refractivity contribution in [3.05, 3.63) is 71.2 Å². The fourth-order valence-corrected chi connectivity index (χ4v) is 2.57. The lowest BCUT2D eigenvalue weighted by Gasteiger charge is -2.09.